The Morgan fingerprint density at radius 3 is 2.33 bits per heavy atom. The topological polar surface area (TPSA) is 26.3 Å². The summed E-state index contributed by atoms with van der Waals surface area (Å²) in [6, 6.07) is 7.38. The molecule has 0 atom stereocenters. The molecular formula is C11H13ClO2S. The first-order valence-electron chi connectivity index (χ1n) is 4.49. The van der Waals surface area contributed by atoms with Gasteiger partial charge in [-0.2, -0.15) is 0 Å². The van der Waals surface area contributed by atoms with Gasteiger partial charge < -0.3 is 4.74 Å². The Balaban J connectivity index is 2.77. The third kappa shape index (κ3) is 3.43. The Morgan fingerprint density at radius 2 is 1.87 bits per heavy atom. The van der Waals surface area contributed by atoms with E-state index in [9.17, 15) is 4.79 Å². The first-order chi connectivity index (χ1) is 6.95. The normalized spacial score (nSPS) is 11.2. The summed E-state index contributed by atoms with van der Waals surface area (Å²) >= 11 is 7.23. The van der Waals surface area contributed by atoms with Crippen LogP contribution in [0.4, 0.5) is 0 Å². The lowest BCUT2D eigenvalue weighted by atomic mass is 10.2. The fourth-order valence-electron chi connectivity index (χ4n) is 1.08. The van der Waals surface area contributed by atoms with Crippen molar-refractivity contribution >= 4 is 29.3 Å². The minimum atomic E-state index is -0.581. The number of ether oxygens (including phenoxy) is 1. The van der Waals surface area contributed by atoms with Crippen molar-refractivity contribution in [1.82, 2.24) is 0 Å². The van der Waals surface area contributed by atoms with Crippen molar-refractivity contribution in [3.8, 4) is 0 Å². The second-order valence-corrected chi connectivity index (χ2v) is 5.69. The highest BCUT2D eigenvalue weighted by Crippen LogP contribution is 2.33. The van der Waals surface area contributed by atoms with Crippen LogP contribution in [0.1, 0.15) is 13.8 Å². The minimum absolute atomic E-state index is 0.234. The fraction of sp³-hybridized carbons (Fsp3) is 0.364. The average Bonchev–Trinajstić information content (AvgIpc) is 2.20. The van der Waals surface area contributed by atoms with E-state index in [0.29, 0.717) is 5.02 Å². The fourth-order valence-corrected chi connectivity index (χ4v) is 2.24. The maximum absolute atomic E-state index is 11.4. The molecule has 82 valence electrons. The number of esters is 1. The van der Waals surface area contributed by atoms with E-state index in [0.717, 1.165) is 4.90 Å². The molecule has 0 bridgehead atoms. The van der Waals surface area contributed by atoms with Gasteiger partial charge in [0.2, 0.25) is 0 Å². The summed E-state index contributed by atoms with van der Waals surface area (Å²) in [6.07, 6.45) is 0. The van der Waals surface area contributed by atoms with Crippen LogP contribution < -0.4 is 0 Å². The highest BCUT2D eigenvalue weighted by Gasteiger charge is 2.29. The molecule has 0 aliphatic rings. The lowest BCUT2D eigenvalue weighted by Gasteiger charge is -2.20. The molecule has 0 heterocycles. The van der Waals surface area contributed by atoms with Gasteiger partial charge in [0.1, 0.15) is 4.75 Å². The lowest BCUT2D eigenvalue weighted by Crippen LogP contribution is -2.28. The van der Waals surface area contributed by atoms with Crippen LogP contribution in [0.25, 0.3) is 0 Å². The van der Waals surface area contributed by atoms with Gasteiger partial charge in [0.15, 0.2) is 0 Å². The molecule has 1 rings (SSSR count). The summed E-state index contributed by atoms with van der Waals surface area (Å²) in [5.41, 5.74) is 0. The third-order valence-electron chi connectivity index (χ3n) is 1.86. The second-order valence-electron chi connectivity index (χ2n) is 3.56. The van der Waals surface area contributed by atoms with Gasteiger partial charge in [-0.15, -0.1) is 11.8 Å². The summed E-state index contributed by atoms with van der Waals surface area (Å²) in [5.74, 6) is -0.234. The van der Waals surface area contributed by atoms with Gasteiger partial charge >= 0.3 is 5.97 Å². The second kappa shape index (κ2) is 4.90. The Hall–Kier alpha value is -0.670. The van der Waals surface area contributed by atoms with Crippen molar-refractivity contribution in [1.29, 1.82) is 0 Å². The zero-order chi connectivity index (χ0) is 11.5. The van der Waals surface area contributed by atoms with Crippen molar-refractivity contribution in [2.45, 2.75) is 23.5 Å². The summed E-state index contributed by atoms with van der Waals surface area (Å²) in [4.78, 5) is 12.4. The summed E-state index contributed by atoms with van der Waals surface area (Å²) in [6.45, 7) is 3.66. The highest BCUT2D eigenvalue weighted by atomic mass is 35.5. The number of carbonyl (C=O) groups is 1. The van der Waals surface area contributed by atoms with Crippen LogP contribution in [0, 0.1) is 0 Å². The molecule has 15 heavy (non-hydrogen) atoms. The largest absolute Gasteiger partial charge is 0.468 e. The quantitative estimate of drug-likeness (QED) is 0.602. The summed E-state index contributed by atoms with van der Waals surface area (Å²) in [7, 11) is 1.40. The smallest absolute Gasteiger partial charge is 0.321 e. The SMILES string of the molecule is COC(=O)C(C)(C)Sc1ccc(Cl)cc1. The van der Waals surface area contributed by atoms with E-state index in [4.69, 9.17) is 16.3 Å². The average molecular weight is 245 g/mol. The van der Waals surface area contributed by atoms with Crippen LogP contribution in [0.3, 0.4) is 0 Å². The predicted molar refractivity (Wildman–Crippen MR) is 63.4 cm³/mol. The molecule has 0 saturated carbocycles. The first-order valence-corrected chi connectivity index (χ1v) is 5.68. The Labute approximate surface area is 99.0 Å². The van der Waals surface area contributed by atoms with Gasteiger partial charge in [-0.25, -0.2) is 0 Å². The Kier molecular flexibility index (Phi) is 4.05. The molecule has 2 nitrogen and oxygen atoms in total. The van der Waals surface area contributed by atoms with Crippen LogP contribution in [0.15, 0.2) is 29.2 Å². The van der Waals surface area contributed by atoms with Crippen molar-refractivity contribution < 1.29 is 9.53 Å². The molecule has 0 aliphatic heterocycles. The maximum Gasteiger partial charge on any atom is 0.321 e. The number of rotatable bonds is 3. The molecule has 0 radical (unpaired) electrons. The highest BCUT2D eigenvalue weighted by molar-refractivity contribution is 8.01. The number of benzene rings is 1. The maximum atomic E-state index is 11.4. The van der Waals surface area contributed by atoms with Crippen LogP contribution in [-0.4, -0.2) is 17.8 Å². The van der Waals surface area contributed by atoms with Crippen LogP contribution in [0.2, 0.25) is 5.02 Å². The minimum Gasteiger partial charge on any atom is -0.468 e. The number of thioether (sulfide) groups is 1. The number of hydrogen-bond acceptors (Lipinski definition) is 3. The van der Waals surface area contributed by atoms with Crippen molar-refractivity contribution in [3.05, 3.63) is 29.3 Å². The van der Waals surface area contributed by atoms with Gasteiger partial charge in [0.05, 0.1) is 7.11 Å². The van der Waals surface area contributed by atoms with E-state index in [1.165, 1.54) is 18.9 Å². The summed E-state index contributed by atoms with van der Waals surface area (Å²) in [5, 5.41) is 0.690. The molecule has 0 spiro atoms. The number of hydrogen-bond donors (Lipinski definition) is 0. The molecule has 0 saturated heterocycles. The molecule has 0 unspecified atom stereocenters. The first kappa shape index (κ1) is 12.4. The van der Waals surface area contributed by atoms with E-state index < -0.39 is 4.75 Å². The molecule has 0 amide bonds. The van der Waals surface area contributed by atoms with Crippen molar-refractivity contribution in [3.63, 3.8) is 0 Å². The van der Waals surface area contributed by atoms with E-state index >= 15 is 0 Å². The van der Waals surface area contributed by atoms with Gasteiger partial charge in [0.25, 0.3) is 0 Å². The zero-order valence-electron chi connectivity index (χ0n) is 8.91. The van der Waals surface area contributed by atoms with E-state index in [2.05, 4.69) is 0 Å². The van der Waals surface area contributed by atoms with Crippen molar-refractivity contribution in [2.24, 2.45) is 0 Å². The van der Waals surface area contributed by atoms with Crippen LogP contribution in [0.5, 0.6) is 0 Å². The number of methoxy groups -OCH3 is 1. The monoisotopic (exact) mass is 244 g/mol. The molecular weight excluding hydrogens is 232 g/mol. The third-order valence-corrected chi connectivity index (χ3v) is 3.30. The van der Waals surface area contributed by atoms with Crippen LogP contribution >= 0.6 is 23.4 Å². The van der Waals surface area contributed by atoms with Gasteiger partial charge in [0, 0.05) is 9.92 Å². The van der Waals surface area contributed by atoms with Crippen LogP contribution in [-0.2, 0) is 9.53 Å². The molecule has 1 aromatic carbocycles. The van der Waals surface area contributed by atoms with Crippen molar-refractivity contribution in [2.75, 3.05) is 7.11 Å². The number of carbonyl (C=O) groups excluding carboxylic acids is 1. The lowest BCUT2D eigenvalue weighted by molar-refractivity contribution is -0.142. The Bertz CT molecular complexity index is 346. The predicted octanol–water partition coefficient (Wildman–Crippen LogP) is 3.38. The zero-order valence-corrected chi connectivity index (χ0v) is 10.5. The molecule has 1 aromatic rings. The Morgan fingerprint density at radius 1 is 1.33 bits per heavy atom. The van der Waals surface area contributed by atoms with E-state index in [1.54, 1.807) is 12.1 Å². The van der Waals surface area contributed by atoms with Gasteiger partial charge in [-0.3, -0.25) is 4.79 Å². The van der Waals surface area contributed by atoms with E-state index in [1.807, 2.05) is 26.0 Å². The number of halogens is 1. The molecule has 4 heteroatoms. The summed E-state index contributed by atoms with van der Waals surface area (Å²) < 4.78 is 4.14. The van der Waals surface area contributed by atoms with Gasteiger partial charge in [-0.05, 0) is 38.1 Å². The molecule has 0 aromatic heterocycles. The molecule has 0 aliphatic carbocycles. The van der Waals surface area contributed by atoms with Gasteiger partial charge in [-0.1, -0.05) is 11.6 Å². The standard InChI is InChI=1S/C11H13ClO2S/c1-11(2,10(13)14-3)15-9-6-4-8(12)5-7-9/h4-7H,1-3H3. The molecule has 0 N–H and O–H groups in total. The molecule has 0 fully saturated rings. The van der Waals surface area contributed by atoms with E-state index in [-0.39, 0.29) is 5.97 Å².